The van der Waals surface area contributed by atoms with E-state index in [9.17, 15) is 13.5 Å². The van der Waals surface area contributed by atoms with Crippen LogP contribution in [0.4, 0.5) is 0 Å². The molecule has 1 rings (SSSR count). The third-order valence-corrected chi connectivity index (χ3v) is 7.68. The standard InChI is InChI=1S/C22H47NO.C7H8O3S/c1-4-5-6-7-8-9-10-11-12-13-14-15-16-17-18-19-20-21(2)22(3,23)24;1-6-2-4-7(5-3-6)11(8,9)10/h21,24H,4-20,23H2,1-3H3;2-5H,1H3,(H,8,9,10). The summed E-state index contributed by atoms with van der Waals surface area (Å²) in [5.74, 6) is 0.198. The molecular weight excluding hydrogens is 458 g/mol. The van der Waals surface area contributed by atoms with Crippen LogP contribution < -0.4 is 5.73 Å². The van der Waals surface area contributed by atoms with E-state index < -0.39 is 15.8 Å². The molecule has 0 heterocycles. The van der Waals surface area contributed by atoms with Gasteiger partial charge >= 0.3 is 0 Å². The molecule has 0 bridgehead atoms. The third-order valence-electron chi connectivity index (χ3n) is 6.81. The molecule has 1 aromatic carbocycles. The van der Waals surface area contributed by atoms with Gasteiger partial charge in [-0.2, -0.15) is 8.42 Å². The molecule has 0 spiro atoms. The average molecular weight is 514 g/mol. The van der Waals surface area contributed by atoms with Gasteiger partial charge in [0.2, 0.25) is 0 Å². The SMILES string of the molecule is CCCCCCCCCCCCCCCCCCC(C)C(C)(N)O.Cc1ccc(S(=O)(=O)O)cc1. The van der Waals surface area contributed by atoms with Gasteiger partial charge in [0.15, 0.2) is 0 Å². The van der Waals surface area contributed by atoms with Crippen molar-refractivity contribution in [1.29, 1.82) is 0 Å². The first-order valence-corrected chi connectivity index (χ1v) is 15.5. The van der Waals surface area contributed by atoms with Crippen molar-refractivity contribution >= 4 is 10.1 Å². The molecule has 206 valence electrons. The van der Waals surface area contributed by atoms with Crippen molar-refractivity contribution in [3.05, 3.63) is 29.8 Å². The van der Waals surface area contributed by atoms with E-state index in [-0.39, 0.29) is 10.8 Å². The van der Waals surface area contributed by atoms with E-state index in [4.69, 9.17) is 10.3 Å². The minimum Gasteiger partial charge on any atom is -0.376 e. The minimum absolute atomic E-state index is 0.0666. The van der Waals surface area contributed by atoms with Crippen LogP contribution in [0.5, 0.6) is 0 Å². The largest absolute Gasteiger partial charge is 0.376 e. The molecule has 0 saturated heterocycles. The van der Waals surface area contributed by atoms with Crippen LogP contribution in [0.15, 0.2) is 29.2 Å². The zero-order chi connectivity index (χ0) is 26.6. The summed E-state index contributed by atoms with van der Waals surface area (Å²) in [4.78, 5) is -0.0666. The van der Waals surface area contributed by atoms with Gasteiger partial charge in [-0.05, 0) is 38.3 Å². The van der Waals surface area contributed by atoms with Crippen molar-refractivity contribution in [1.82, 2.24) is 0 Å². The second-order valence-corrected chi connectivity index (χ2v) is 11.9. The Balaban J connectivity index is 0.000000867. The Bertz CT molecular complexity index is 711. The maximum Gasteiger partial charge on any atom is 0.294 e. The summed E-state index contributed by atoms with van der Waals surface area (Å²) in [6.45, 7) is 7.89. The predicted octanol–water partition coefficient (Wildman–Crippen LogP) is 8.18. The first-order valence-electron chi connectivity index (χ1n) is 14.0. The lowest BCUT2D eigenvalue weighted by Gasteiger charge is -2.25. The van der Waals surface area contributed by atoms with E-state index in [1.807, 2.05) is 13.8 Å². The molecule has 0 aliphatic rings. The highest BCUT2D eigenvalue weighted by Crippen LogP contribution is 2.19. The number of benzene rings is 1. The van der Waals surface area contributed by atoms with Crippen LogP contribution in [0.2, 0.25) is 0 Å². The number of nitrogens with two attached hydrogens (primary N) is 1. The molecule has 1 aromatic rings. The van der Waals surface area contributed by atoms with Crippen LogP contribution in [0.25, 0.3) is 0 Å². The average Bonchev–Trinajstić information content (AvgIpc) is 2.78. The van der Waals surface area contributed by atoms with Gasteiger partial charge in [-0.25, -0.2) is 0 Å². The maximum atomic E-state index is 10.5. The van der Waals surface area contributed by atoms with Crippen LogP contribution >= 0.6 is 0 Å². The number of rotatable bonds is 19. The first kappa shape index (κ1) is 34.0. The fraction of sp³-hybridized carbons (Fsp3) is 0.793. The van der Waals surface area contributed by atoms with Crippen molar-refractivity contribution in [3.8, 4) is 0 Å². The Kier molecular flexibility index (Phi) is 19.6. The number of hydrogen-bond acceptors (Lipinski definition) is 4. The summed E-state index contributed by atoms with van der Waals surface area (Å²) in [6, 6.07) is 5.99. The summed E-state index contributed by atoms with van der Waals surface area (Å²) in [7, 11) is -4.02. The lowest BCUT2D eigenvalue weighted by molar-refractivity contribution is 0.00810. The van der Waals surface area contributed by atoms with Crippen LogP contribution in [0, 0.1) is 12.8 Å². The summed E-state index contributed by atoms with van der Waals surface area (Å²) < 4.78 is 29.6. The molecule has 6 heteroatoms. The van der Waals surface area contributed by atoms with Gasteiger partial charge in [0.1, 0.15) is 5.72 Å². The molecule has 0 fully saturated rings. The third kappa shape index (κ3) is 20.9. The molecule has 0 aromatic heterocycles. The first-order chi connectivity index (χ1) is 16.5. The van der Waals surface area contributed by atoms with E-state index in [0.29, 0.717) is 0 Å². The number of unbranched alkanes of at least 4 members (excludes halogenated alkanes) is 15. The Morgan fingerprint density at radius 1 is 0.771 bits per heavy atom. The molecule has 2 atom stereocenters. The van der Waals surface area contributed by atoms with Crippen LogP contribution in [0.1, 0.15) is 135 Å². The van der Waals surface area contributed by atoms with Gasteiger partial charge in [-0.3, -0.25) is 4.55 Å². The summed E-state index contributed by atoms with van der Waals surface area (Å²) >= 11 is 0. The van der Waals surface area contributed by atoms with E-state index in [0.717, 1.165) is 12.0 Å². The Hall–Kier alpha value is -0.950. The molecule has 0 saturated carbocycles. The van der Waals surface area contributed by atoms with E-state index in [2.05, 4.69) is 6.92 Å². The Morgan fingerprint density at radius 3 is 1.43 bits per heavy atom. The molecule has 0 amide bonds. The summed E-state index contributed by atoms with van der Waals surface area (Å²) in [5.41, 5.74) is 5.65. The van der Waals surface area contributed by atoms with Crippen molar-refractivity contribution in [3.63, 3.8) is 0 Å². The maximum absolute atomic E-state index is 10.5. The van der Waals surface area contributed by atoms with Crippen molar-refractivity contribution in [2.45, 2.75) is 147 Å². The van der Waals surface area contributed by atoms with E-state index >= 15 is 0 Å². The Morgan fingerprint density at radius 2 is 1.11 bits per heavy atom. The number of aryl methyl sites for hydroxylation is 1. The van der Waals surface area contributed by atoms with Gasteiger partial charge in [-0.1, -0.05) is 134 Å². The topological polar surface area (TPSA) is 101 Å². The number of aliphatic hydroxyl groups is 1. The van der Waals surface area contributed by atoms with Crippen LogP contribution in [-0.4, -0.2) is 23.8 Å². The fourth-order valence-electron chi connectivity index (χ4n) is 4.00. The smallest absolute Gasteiger partial charge is 0.294 e. The monoisotopic (exact) mass is 513 g/mol. The highest BCUT2D eigenvalue weighted by atomic mass is 32.2. The molecule has 4 N–H and O–H groups in total. The summed E-state index contributed by atoms with van der Waals surface area (Å²) in [5, 5.41) is 9.69. The van der Waals surface area contributed by atoms with Crippen molar-refractivity contribution < 1.29 is 18.1 Å². The molecule has 0 radical (unpaired) electrons. The lowest BCUT2D eigenvalue weighted by Crippen LogP contribution is -2.42. The normalized spacial score (nSPS) is 14.1. The van der Waals surface area contributed by atoms with Crippen LogP contribution in [0.3, 0.4) is 0 Å². The zero-order valence-electron chi connectivity index (χ0n) is 23.1. The van der Waals surface area contributed by atoms with Crippen molar-refractivity contribution in [2.24, 2.45) is 11.7 Å². The van der Waals surface area contributed by atoms with Gasteiger partial charge in [0.05, 0.1) is 4.90 Å². The quantitative estimate of drug-likeness (QED) is 0.0983. The van der Waals surface area contributed by atoms with Crippen LogP contribution in [-0.2, 0) is 10.1 Å². The molecule has 35 heavy (non-hydrogen) atoms. The van der Waals surface area contributed by atoms with E-state index in [1.54, 1.807) is 19.1 Å². The second-order valence-electron chi connectivity index (χ2n) is 10.5. The summed E-state index contributed by atoms with van der Waals surface area (Å²) in [6.07, 6.45) is 23.5. The van der Waals surface area contributed by atoms with Gasteiger partial charge in [0.25, 0.3) is 10.1 Å². The predicted molar refractivity (Wildman–Crippen MR) is 149 cm³/mol. The Labute approximate surface area is 217 Å². The number of hydrogen-bond donors (Lipinski definition) is 3. The van der Waals surface area contributed by atoms with E-state index in [1.165, 1.54) is 115 Å². The highest BCUT2D eigenvalue weighted by Gasteiger charge is 2.21. The minimum atomic E-state index is -4.02. The molecular formula is C29H55NO4S. The molecule has 2 unspecified atom stereocenters. The zero-order valence-corrected chi connectivity index (χ0v) is 23.9. The molecule has 0 aliphatic heterocycles. The highest BCUT2D eigenvalue weighted by molar-refractivity contribution is 7.85. The fourth-order valence-corrected chi connectivity index (χ4v) is 4.48. The second kappa shape index (κ2) is 20.1. The van der Waals surface area contributed by atoms with Crippen molar-refractivity contribution in [2.75, 3.05) is 0 Å². The van der Waals surface area contributed by atoms with Gasteiger partial charge < -0.3 is 10.8 Å². The lowest BCUT2D eigenvalue weighted by atomic mass is 9.93. The molecule has 5 nitrogen and oxygen atoms in total. The molecule has 0 aliphatic carbocycles. The van der Waals surface area contributed by atoms with Gasteiger partial charge in [-0.15, -0.1) is 0 Å². The van der Waals surface area contributed by atoms with Gasteiger partial charge in [0, 0.05) is 0 Å².